The van der Waals surface area contributed by atoms with Crippen LogP contribution in [0.2, 0.25) is 5.02 Å². The molecular formula is C12H14ClIN4O2S. The molecule has 114 valence electrons. The molecule has 0 aliphatic heterocycles. The van der Waals surface area contributed by atoms with Gasteiger partial charge in [0.1, 0.15) is 0 Å². The largest absolute Gasteiger partial charge is 0.313 e. The van der Waals surface area contributed by atoms with E-state index in [0.717, 1.165) is 10.1 Å². The number of nitrogens with one attached hydrogen (secondary N) is 3. The van der Waals surface area contributed by atoms with Crippen molar-refractivity contribution in [3.63, 3.8) is 0 Å². The average Bonchev–Trinajstić information content (AvgIpc) is 2.89. The van der Waals surface area contributed by atoms with E-state index < -0.39 is 10.0 Å². The lowest BCUT2D eigenvalue weighted by Gasteiger charge is -2.10. The fourth-order valence-corrected chi connectivity index (χ4v) is 3.86. The van der Waals surface area contributed by atoms with Gasteiger partial charge in [0, 0.05) is 15.7 Å². The number of nitrogens with zero attached hydrogens (tertiary/aromatic N) is 1. The van der Waals surface area contributed by atoms with Crippen molar-refractivity contribution in [1.29, 1.82) is 0 Å². The summed E-state index contributed by atoms with van der Waals surface area (Å²) in [5.74, 6) is 0. The highest BCUT2D eigenvalue weighted by Gasteiger charge is 2.21. The maximum absolute atomic E-state index is 12.4. The lowest BCUT2D eigenvalue weighted by atomic mass is 10.3. The van der Waals surface area contributed by atoms with Crippen molar-refractivity contribution in [2.45, 2.75) is 18.5 Å². The molecule has 6 nitrogen and oxygen atoms in total. The fourth-order valence-electron chi connectivity index (χ4n) is 1.69. The van der Waals surface area contributed by atoms with Crippen LogP contribution < -0.4 is 10.0 Å². The highest BCUT2D eigenvalue weighted by atomic mass is 127. The van der Waals surface area contributed by atoms with Gasteiger partial charge in [0.15, 0.2) is 5.03 Å². The number of aromatic nitrogens is 2. The van der Waals surface area contributed by atoms with E-state index in [1.165, 1.54) is 6.20 Å². The first kappa shape index (κ1) is 16.5. The number of H-pyrrole nitrogens is 1. The van der Waals surface area contributed by atoms with Crippen molar-refractivity contribution in [3.05, 3.63) is 38.6 Å². The van der Waals surface area contributed by atoms with Crippen LogP contribution in [0.5, 0.6) is 0 Å². The third-order valence-corrected chi connectivity index (χ3v) is 5.05. The van der Waals surface area contributed by atoms with Gasteiger partial charge in [-0.3, -0.25) is 9.82 Å². The summed E-state index contributed by atoms with van der Waals surface area (Å²) in [6.45, 7) is 3.10. The molecule has 1 heterocycles. The topological polar surface area (TPSA) is 86.9 Å². The van der Waals surface area contributed by atoms with Crippen molar-refractivity contribution in [1.82, 2.24) is 15.5 Å². The molecule has 0 unspecified atom stereocenters. The number of anilines is 1. The molecule has 0 radical (unpaired) electrons. The summed E-state index contributed by atoms with van der Waals surface area (Å²) in [7, 11) is -3.76. The predicted octanol–water partition coefficient (Wildman–Crippen LogP) is 2.58. The molecule has 2 rings (SSSR count). The van der Waals surface area contributed by atoms with Crippen molar-refractivity contribution in [2.75, 3.05) is 11.3 Å². The monoisotopic (exact) mass is 440 g/mol. The van der Waals surface area contributed by atoms with Crippen LogP contribution in [-0.4, -0.2) is 25.2 Å². The van der Waals surface area contributed by atoms with Gasteiger partial charge in [-0.05, 0) is 47.3 Å². The lowest BCUT2D eigenvalue weighted by molar-refractivity contribution is 0.594. The first-order valence-corrected chi connectivity index (χ1v) is 9.09. The highest BCUT2D eigenvalue weighted by molar-refractivity contribution is 14.1. The number of benzene rings is 1. The van der Waals surface area contributed by atoms with Gasteiger partial charge in [-0.2, -0.15) is 13.5 Å². The van der Waals surface area contributed by atoms with Gasteiger partial charge in [-0.25, -0.2) is 0 Å². The van der Waals surface area contributed by atoms with Gasteiger partial charge in [0.25, 0.3) is 10.0 Å². The minimum Gasteiger partial charge on any atom is -0.313 e. The molecule has 2 aromatic rings. The Hall–Kier alpha value is -0.840. The van der Waals surface area contributed by atoms with E-state index in [1.54, 1.807) is 18.2 Å². The van der Waals surface area contributed by atoms with E-state index in [2.05, 4.69) is 42.8 Å². The molecule has 1 aromatic heterocycles. The van der Waals surface area contributed by atoms with Crippen LogP contribution in [0.4, 0.5) is 5.69 Å². The predicted molar refractivity (Wildman–Crippen MR) is 90.9 cm³/mol. The van der Waals surface area contributed by atoms with Gasteiger partial charge >= 0.3 is 0 Å². The normalized spacial score (nSPS) is 11.6. The molecule has 0 aliphatic carbocycles. The number of hydrogen-bond acceptors (Lipinski definition) is 4. The molecule has 0 atom stereocenters. The molecule has 0 amide bonds. The third-order valence-electron chi connectivity index (χ3n) is 2.69. The first-order valence-electron chi connectivity index (χ1n) is 6.15. The smallest absolute Gasteiger partial charge is 0.279 e. The standard InChI is InChI=1S/C12H14ClIN4O2S/c1-2-15-6-8-7-16-17-12(8)21(19,20)18-11-4-3-9(14)5-10(11)13/h3-5,7,15,18H,2,6H2,1H3,(H,16,17). The van der Waals surface area contributed by atoms with Crippen molar-refractivity contribution >= 4 is 49.9 Å². The molecule has 0 saturated heterocycles. The van der Waals surface area contributed by atoms with E-state index in [1.807, 2.05) is 6.92 Å². The SMILES string of the molecule is CCNCc1cn[nH]c1S(=O)(=O)Nc1ccc(I)cc1Cl. The lowest BCUT2D eigenvalue weighted by Crippen LogP contribution is -2.18. The van der Waals surface area contributed by atoms with Gasteiger partial charge in [-0.15, -0.1) is 0 Å². The van der Waals surface area contributed by atoms with E-state index in [0.29, 0.717) is 22.8 Å². The molecular weight excluding hydrogens is 427 g/mol. The summed E-state index contributed by atoms with van der Waals surface area (Å²) in [6, 6.07) is 5.09. The molecule has 0 saturated carbocycles. The number of hydrogen-bond donors (Lipinski definition) is 3. The van der Waals surface area contributed by atoms with Crippen molar-refractivity contribution in [2.24, 2.45) is 0 Å². The number of sulfonamides is 1. The second kappa shape index (κ2) is 6.95. The number of halogens is 2. The minimum absolute atomic E-state index is 0.0399. The number of aromatic amines is 1. The number of rotatable bonds is 6. The van der Waals surface area contributed by atoms with Gasteiger partial charge < -0.3 is 5.32 Å². The molecule has 3 N–H and O–H groups in total. The Morgan fingerprint density at radius 3 is 2.86 bits per heavy atom. The zero-order valence-electron chi connectivity index (χ0n) is 11.2. The molecule has 0 bridgehead atoms. The maximum atomic E-state index is 12.4. The minimum atomic E-state index is -3.76. The summed E-state index contributed by atoms with van der Waals surface area (Å²) in [5.41, 5.74) is 0.909. The summed E-state index contributed by atoms with van der Waals surface area (Å²) in [4.78, 5) is 0. The Kier molecular flexibility index (Phi) is 5.47. The quantitative estimate of drug-likeness (QED) is 0.603. The van der Waals surface area contributed by atoms with Gasteiger partial charge in [0.05, 0.1) is 16.9 Å². The summed E-state index contributed by atoms with van der Waals surface area (Å²) >= 11 is 8.15. The second-order valence-electron chi connectivity index (χ2n) is 4.23. The summed E-state index contributed by atoms with van der Waals surface area (Å²) < 4.78 is 28.2. The van der Waals surface area contributed by atoms with E-state index in [9.17, 15) is 8.42 Å². The van der Waals surface area contributed by atoms with Gasteiger partial charge in [0.2, 0.25) is 0 Å². The first-order chi connectivity index (χ1) is 9.94. The Morgan fingerprint density at radius 2 is 2.19 bits per heavy atom. The highest BCUT2D eigenvalue weighted by Crippen LogP contribution is 2.26. The molecule has 0 aliphatic rings. The zero-order chi connectivity index (χ0) is 15.5. The Labute approximate surface area is 141 Å². The zero-order valence-corrected chi connectivity index (χ0v) is 14.9. The Morgan fingerprint density at radius 1 is 1.43 bits per heavy atom. The Bertz CT molecular complexity index is 733. The van der Waals surface area contributed by atoms with Gasteiger partial charge in [-0.1, -0.05) is 18.5 Å². The van der Waals surface area contributed by atoms with Crippen molar-refractivity contribution < 1.29 is 8.42 Å². The fraction of sp³-hybridized carbons (Fsp3) is 0.250. The second-order valence-corrected chi connectivity index (χ2v) is 7.51. The summed E-state index contributed by atoms with van der Waals surface area (Å²) in [5, 5.41) is 9.77. The van der Waals surface area contributed by atoms with Crippen LogP contribution in [0, 0.1) is 3.57 Å². The van der Waals surface area contributed by atoms with E-state index >= 15 is 0 Å². The Balaban J connectivity index is 2.28. The van der Waals surface area contributed by atoms with Crippen LogP contribution in [0.3, 0.4) is 0 Å². The average molecular weight is 441 g/mol. The van der Waals surface area contributed by atoms with Crippen LogP contribution in [0.1, 0.15) is 12.5 Å². The third kappa shape index (κ3) is 4.09. The molecule has 0 spiro atoms. The van der Waals surface area contributed by atoms with Crippen LogP contribution in [0.15, 0.2) is 29.4 Å². The van der Waals surface area contributed by atoms with Crippen LogP contribution in [-0.2, 0) is 16.6 Å². The van der Waals surface area contributed by atoms with Crippen LogP contribution in [0.25, 0.3) is 0 Å². The molecule has 21 heavy (non-hydrogen) atoms. The molecule has 9 heteroatoms. The molecule has 0 fully saturated rings. The molecule has 1 aromatic carbocycles. The van der Waals surface area contributed by atoms with Crippen molar-refractivity contribution in [3.8, 4) is 0 Å². The van der Waals surface area contributed by atoms with E-state index in [4.69, 9.17) is 11.6 Å². The summed E-state index contributed by atoms with van der Waals surface area (Å²) in [6.07, 6.45) is 1.49. The van der Waals surface area contributed by atoms with Crippen LogP contribution >= 0.6 is 34.2 Å². The maximum Gasteiger partial charge on any atom is 0.279 e. The van der Waals surface area contributed by atoms with E-state index in [-0.39, 0.29) is 5.03 Å².